The van der Waals surface area contributed by atoms with E-state index in [0.29, 0.717) is 26.4 Å². The monoisotopic (exact) mass is 438 g/mol. The van der Waals surface area contributed by atoms with Gasteiger partial charge in [0.15, 0.2) is 4.80 Å². The Labute approximate surface area is 182 Å². The van der Waals surface area contributed by atoms with Crippen molar-refractivity contribution < 1.29 is 14.3 Å². The van der Waals surface area contributed by atoms with E-state index in [4.69, 9.17) is 9.47 Å². The van der Waals surface area contributed by atoms with Crippen LogP contribution in [-0.2, 0) is 16.1 Å². The van der Waals surface area contributed by atoms with E-state index < -0.39 is 12.0 Å². The van der Waals surface area contributed by atoms with Gasteiger partial charge in [0.1, 0.15) is 5.75 Å². The number of methoxy groups -OCH3 is 2. The number of carbonyl (C=O) groups excluding carboxylic acids is 1. The Hall–Kier alpha value is -3.46. The van der Waals surface area contributed by atoms with Crippen LogP contribution in [0, 0.1) is 0 Å². The van der Waals surface area contributed by atoms with Crippen molar-refractivity contribution in [3.8, 4) is 5.75 Å². The third-order valence-electron chi connectivity index (χ3n) is 5.13. The first-order valence-electron chi connectivity index (χ1n) is 9.74. The first-order chi connectivity index (χ1) is 15.0. The van der Waals surface area contributed by atoms with Crippen molar-refractivity contribution in [1.82, 2.24) is 14.3 Å². The Morgan fingerprint density at radius 1 is 1.26 bits per heavy atom. The van der Waals surface area contributed by atoms with E-state index in [9.17, 15) is 9.59 Å². The number of ether oxygens (including phenoxy) is 2. The van der Waals surface area contributed by atoms with Gasteiger partial charge in [-0.1, -0.05) is 23.5 Å². The summed E-state index contributed by atoms with van der Waals surface area (Å²) in [5.41, 5.74) is 2.24. The molecule has 0 spiro atoms. The fourth-order valence-corrected chi connectivity index (χ4v) is 4.62. The zero-order valence-electron chi connectivity index (χ0n) is 17.7. The fourth-order valence-electron chi connectivity index (χ4n) is 3.57. The van der Waals surface area contributed by atoms with Gasteiger partial charge in [-0.05, 0) is 37.6 Å². The highest BCUT2D eigenvalue weighted by Gasteiger charge is 2.33. The van der Waals surface area contributed by atoms with Gasteiger partial charge in [0.2, 0.25) is 0 Å². The molecule has 0 fully saturated rings. The molecule has 8 nitrogen and oxygen atoms in total. The average Bonchev–Trinajstić information content (AvgIpc) is 3.36. The van der Waals surface area contributed by atoms with E-state index in [2.05, 4.69) is 10.1 Å². The summed E-state index contributed by atoms with van der Waals surface area (Å²) in [6.45, 7) is 4.50. The van der Waals surface area contributed by atoms with Crippen molar-refractivity contribution in [2.75, 3.05) is 14.2 Å². The van der Waals surface area contributed by atoms with Crippen LogP contribution in [0.15, 0.2) is 57.7 Å². The van der Waals surface area contributed by atoms with Crippen molar-refractivity contribution in [3.05, 3.63) is 78.7 Å². The van der Waals surface area contributed by atoms with Crippen LogP contribution < -0.4 is 19.6 Å². The number of aryl methyl sites for hydroxylation is 1. The van der Waals surface area contributed by atoms with Crippen LogP contribution in [0.3, 0.4) is 0 Å². The number of hydrogen-bond donors (Lipinski definition) is 0. The van der Waals surface area contributed by atoms with E-state index in [1.54, 1.807) is 47.7 Å². The summed E-state index contributed by atoms with van der Waals surface area (Å²) in [5.74, 6) is 0.171. The molecule has 0 bridgehead atoms. The molecule has 0 saturated carbocycles. The molecule has 1 aliphatic rings. The molecule has 0 N–H and O–H groups in total. The summed E-state index contributed by atoms with van der Waals surface area (Å²) in [6, 6.07) is 6.64. The molecule has 0 aliphatic carbocycles. The maximum atomic E-state index is 13.4. The van der Waals surface area contributed by atoms with E-state index in [-0.39, 0.29) is 5.56 Å². The second-order valence-corrected chi connectivity index (χ2v) is 7.99. The topological polar surface area (TPSA) is 87.7 Å². The fraction of sp³-hybridized carbons (Fsp3) is 0.273. The lowest BCUT2D eigenvalue weighted by atomic mass is 9.96. The minimum Gasteiger partial charge on any atom is -0.497 e. The number of benzene rings is 1. The first-order valence-corrected chi connectivity index (χ1v) is 10.6. The van der Waals surface area contributed by atoms with Crippen LogP contribution in [0.4, 0.5) is 0 Å². The highest BCUT2D eigenvalue weighted by Crippen LogP contribution is 2.31. The zero-order chi connectivity index (χ0) is 22.1. The number of esters is 1. The minimum atomic E-state index is -0.643. The van der Waals surface area contributed by atoms with Gasteiger partial charge in [0, 0.05) is 18.3 Å². The summed E-state index contributed by atoms with van der Waals surface area (Å²) in [5, 5.41) is 4.26. The van der Waals surface area contributed by atoms with E-state index in [1.165, 1.54) is 18.4 Å². The second-order valence-electron chi connectivity index (χ2n) is 6.98. The maximum absolute atomic E-state index is 13.4. The molecule has 0 radical (unpaired) electrons. The molecule has 1 unspecified atom stereocenters. The van der Waals surface area contributed by atoms with Gasteiger partial charge < -0.3 is 9.47 Å². The minimum absolute atomic E-state index is 0.220. The van der Waals surface area contributed by atoms with Gasteiger partial charge in [-0.2, -0.15) is 5.10 Å². The van der Waals surface area contributed by atoms with Crippen LogP contribution in [-0.4, -0.2) is 34.5 Å². The van der Waals surface area contributed by atoms with Crippen molar-refractivity contribution in [1.29, 1.82) is 0 Å². The van der Waals surface area contributed by atoms with Crippen LogP contribution in [0.5, 0.6) is 5.75 Å². The second kappa shape index (κ2) is 8.35. The molecule has 3 aromatic rings. The van der Waals surface area contributed by atoms with Crippen LogP contribution in [0.25, 0.3) is 6.08 Å². The summed E-state index contributed by atoms with van der Waals surface area (Å²) >= 11 is 1.29. The standard InChI is InChI=1S/C22H22N4O4S/c1-5-25-12-14(11-23-25)10-17-20(27)26-19(15-6-8-16(29-3)9-7-15)18(21(28)30-4)13(2)24-22(26)31-17/h6-12,19H,5H2,1-4H3. The van der Waals surface area contributed by atoms with Crippen LogP contribution >= 0.6 is 11.3 Å². The lowest BCUT2D eigenvalue weighted by Crippen LogP contribution is -2.39. The molecule has 160 valence electrons. The third-order valence-corrected chi connectivity index (χ3v) is 6.12. The number of rotatable bonds is 5. The van der Waals surface area contributed by atoms with Crippen LogP contribution in [0.2, 0.25) is 0 Å². The average molecular weight is 439 g/mol. The van der Waals surface area contributed by atoms with Crippen molar-refractivity contribution in [3.63, 3.8) is 0 Å². The number of fused-ring (bicyclic) bond motifs is 1. The van der Waals surface area contributed by atoms with Crippen molar-refractivity contribution in [2.24, 2.45) is 4.99 Å². The molecular formula is C22H22N4O4S. The third kappa shape index (κ3) is 3.72. The molecule has 9 heteroatoms. The Kier molecular flexibility index (Phi) is 5.60. The van der Waals surface area contributed by atoms with E-state index >= 15 is 0 Å². The molecule has 1 aromatic carbocycles. The molecule has 31 heavy (non-hydrogen) atoms. The number of carbonyl (C=O) groups is 1. The summed E-state index contributed by atoms with van der Waals surface area (Å²) < 4.78 is 14.1. The van der Waals surface area contributed by atoms with Gasteiger partial charge in [-0.15, -0.1) is 0 Å². The number of nitrogens with zero attached hydrogens (tertiary/aromatic N) is 4. The normalized spacial score (nSPS) is 16.1. The van der Waals surface area contributed by atoms with Crippen LogP contribution in [0.1, 0.15) is 31.0 Å². The highest BCUT2D eigenvalue weighted by atomic mass is 32.1. The lowest BCUT2D eigenvalue weighted by Gasteiger charge is -2.24. The number of aromatic nitrogens is 3. The number of allylic oxidation sites excluding steroid dienone is 1. The molecule has 0 saturated heterocycles. The Morgan fingerprint density at radius 2 is 2.00 bits per heavy atom. The predicted octanol–water partition coefficient (Wildman–Crippen LogP) is 1.63. The largest absolute Gasteiger partial charge is 0.497 e. The summed E-state index contributed by atoms with van der Waals surface area (Å²) in [4.78, 5) is 31.1. The molecular weight excluding hydrogens is 416 g/mol. The van der Waals surface area contributed by atoms with Gasteiger partial charge >= 0.3 is 5.97 Å². The smallest absolute Gasteiger partial charge is 0.338 e. The Balaban J connectivity index is 1.93. The SMILES string of the molecule is CCn1cc(C=c2sc3n(c2=O)C(c2ccc(OC)cc2)C(C(=O)OC)=C(C)N=3)cn1. The Morgan fingerprint density at radius 3 is 2.61 bits per heavy atom. The number of hydrogen-bond acceptors (Lipinski definition) is 7. The summed E-state index contributed by atoms with van der Waals surface area (Å²) in [7, 11) is 2.91. The van der Waals surface area contributed by atoms with E-state index in [0.717, 1.165) is 17.7 Å². The molecule has 3 heterocycles. The van der Waals surface area contributed by atoms with Gasteiger partial charge in [-0.3, -0.25) is 14.0 Å². The molecule has 1 atom stereocenters. The van der Waals surface area contributed by atoms with Crippen molar-refractivity contribution >= 4 is 23.4 Å². The van der Waals surface area contributed by atoms with Gasteiger partial charge in [-0.25, -0.2) is 9.79 Å². The maximum Gasteiger partial charge on any atom is 0.338 e. The quantitative estimate of drug-likeness (QED) is 0.565. The molecule has 1 aliphatic heterocycles. The van der Waals surface area contributed by atoms with E-state index in [1.807, 2.05) is 25.3 Å². The summed E-state index contributed by atoms with van der Waals surface area (Å²) in [6.07, 6.45) is 5.39. The number of thiazole rings is 1. The lowest BCUT2D eigenvalue weighted by molar-refractivity contribution is -0.136. The molecule has 2 aromatic heterocycles. The highest BCUT2D eigenvalue weighted by molar-refractivity contribution is 7.07. The van der Waals surface area contributed by atoms with Crippen molar-refractivity contribution in [2.45, 2.75) is 26.4 Å². The predicted molar refractivity (Wildman–Crippen MR) is 117 cm³/mol. The zero-order valence-corrected chi connectivity index (χ0v) is 18.5. The Bertz CT molecular complexity index is 1350. The van der Waals surface area contributed by atoms with Gasteiger partial charge in [0.05, 0.1) is 42.3 Å². The molecule has 0 amide bonds. The first kappa shape index (κ1) is 20.8. The molecule has 4 rings (SSSR count). The van der Waals surface area contributed by atoms with Gasteiger partial charge in [0.25, 0.3) is 5.56 Å².